The van der Waals surface area contributed by atoms with Crippen LogP contribution in [0.3, 0.4) is 0 Å². The molecule has 2 saturated carbocycles. The molecule has 0 radical (unpaired) electrons. The Kier molecular flexibility index (Phi) is 5.75. The smallest absolute Gasteiger partial charge is 0.220 e. The average Bonchev–Trinajstić information content (AvgIpc) is 3.08. The number of nitrogens with zero attached hydrogens (tertiary/aromatic N) is 1. The van der Waals surface area contributed by atoms with Gasteiger partial charge in [0.15, 0.2) is 0 Å². The molecule has 4 nitrogen and oxygen atoms in total. The largest absolute Gasteiger partial charge is 0.379 e. The summed E-state index contributed by atoms with van der Waals surface area (Å²) in [7, 11) is 0. The van der Waals surface area contributed by atoms with Gasteiger partial charge in [-0.25, -0.2) is 0 Å². The summed E-state index contributed by atoms with van der Waals surface area (Å²) >= 11 is 0. The van der Waals surface area contributed by atoms with E-state index < -0.39 is 0 Å². The van der Waals surface area contributed by atoms with Crippen LogP contribution in [0.4, 0.5) is 0 Å². The van der Waals surface area contributed by atoms with Crippen molar-refractivity contribution in [2.75, 3.05) is 32.8 Å². The molecule has 1 saturated heterocycles. The van der Waals surface area contributed by atoms with Gasteiger partial charge in [-0.15, -0.1) is 0 Å². The summed E-state index contributed by atoms with van der Waals surface area (Å²) in [6.45, 7) is 4.59. The van der Waals surface area contributed by atoms with Gasteiger partial charge in [0.2, 0.25) is 5.91 Å². The average molecular weight is 308 g/mol. The summed E-state index contributed by atoms with van der Waals surface area (Å²) in [6.07, 6.45) is 12.3. The van der Waals surface area contributed by atoms with Crippen LogP contribution in [-0.4, -0.2) is 49.2 Å². The summed E-state index contributed by atoms with van der Waals surface area (Å²) in [5.74, 6) is 0.927. The molecule has 0 aromatic rings. The Hall–Kier alpha value is -0.610. The third-order valence-corrected chi connectivity index (χ3v) is 6.03. The van der Waals surface area contributed by atoms with E-state index in [0.717, 1.165) is 39.3 Å². The summed E-state index contributed by atoms with van der Waals surface area (Å²) in [5.41, 5.74) is 0.202. The van der Waals surface area contributed by atoms with Crippen LogP contribution in [-0.2, 0) is 9.53 Å². The van der Waals surface area contributed by atoms with Crippen molar-refractivity contribution in [2.24, 2.45) is 5.92 Å². The minimum Gasteiger partial charge on any atom is -0.379 e. The van der Waals surface area contributed by atoms with E-state index in [9.17, 15) is 4.79 Å². The van der Waals surface area contributed by atoms with Gasteiger partial charge in [0.25, 0.3) is 0 Å². The van der Waals surface area contributed by atoms with Crippen molar-refractivity contribution in [3.05, 3.63) is 0 Å². The van der Waals surface area contributed by atoms with E-state index in [1.54, 1.807) is 0 Å². The molecule has 0 aromatic carbocycles. The molecule has 0 unspecified atom stereocenters. The minimum atomic E-state index is 0.202. The molecule has 126 valence electrons. The lowest BCUT2D eigenvalue weighted by molar-refractivity contribution is -0.123. The maximum absolute atomic E-state index is 12.3. The van der Waals surface area contributed by atoms with E-state index >= 15 is 0 Å². The predicted octanol–water partition coefficient (Wildman–Crippen LogP) is 2.72. The number of hydrogen-bond donors (Lipinski definition) is 1. The molecule has 2 aliphatic carbocycles. The molecule has 4 heteroatoms. The van der Waals surface area contributed by atoms with Crippen molar-refractivity contribution in [1.82, 2.24) is 10.2 Å². The molecule has 0 atom stereocenters. The highest BCUT2D eigenvalue weighted by molar-refractivity contribution is 5.76. The Morgan fingerprint density at radius 2 is 1.73 bits per heavy atom. The van der Waals surface area contributed by atoms with Crippen LogP contribution in [0.1, 0.15) is 64.2 Å². The van der Waals surface area contributed by atoms with Gasteiger partial charge in [-0.05, 0) is 31.6 Å². The van der Waals surface area contributed by atoms with Crippen LogP contribution in [0, 0.1) is 5.92 Å². The van der Waals surface area contributed by atoms with Crippen molar-refractivity contribution in [2.45, 2.75) is 69.7 Å². The zero-order valence-corrected chi connectivity index (χ0v) is 13.9. The fourth-order valence-corrected chi connectivity index (χ4v) is 4.66. The van der Waals surface area contributed by atoms with Gasteiger partial charge in [-0.2, -0.15) is 0 Å². The van der Waals surface area contributed by atoms with E-state index in [0.29, 0.717) is 5.92 Å². The third-order valence-electron chi connectivity index (χ3n) is 6.03. The fraction of sp³-hybridized carbons (Fsp3) is 0.944. The van der Waals surface area contributed by atoms with Gasteiger partial charge >= 0.3 is 0 Å². The molecule has 1 amide bonds. The lowest BCUT2D eigenvalue weighted by atomic mass is 9.79. The molecule has 1 aliphatic heterocycles. The normalized spacial score (nSPS) is 26.9. The molecule has 1 heterocycles. The number of ether oxygens (including phenoxy) is 1. The number of carbonyl (C=O) groups excluding carboxylic acids is 1. The van der Waals surface area contributed by atoms with Crippen LogP contribution in [0.15, 0.2) is 0 Å². The first kappa shape index (κ1) is 16.3. The Balaban J connectivity index is 1.53. The number of hydrogen-bond acceptors (Lipinski definition) is 3. The second kappa shape index (κ2) is 7.78. The molecule has 1 N–H and O–H groups in total. The summed E-state index contributed by atoms with van der Waals surface area (Å²) in [4.78, 5) is 14.9. The van der Waals surface area contributed by atoms with Crippen LogP contribution in [0.5, 0.6) is 0 Å². The molecule has 0 aromatic heterocycles. The van der Waals surface area contributed by atoms with Gasteiger partial charge in [-0.1, -0.05) is 32.1 Å². The zero-order chi connectivity index (χ0) is 15.3. The molecular formula is C18H32N2O2. The highest BCUT2D eigenvalue weighted by atomic mass is 16.5. The first-order valence-corrected chi connectivity index (χ1v) is 9.38. The van der Waals surface area contributed by atoms with E-state index in [-0.39, 0.29) is 11.4 Å². The van der Waals surface area contributed by atoms with Gasteiger partial charge in [0.1, 0.15) is 0 Å². The Morgan fingerprint density at radius 1 is 1.05 bits per heavy atom. The lowest BCUT2D eigenvalue weighted by Gasteiger charge is -2.48. The second-order valence-corrected chi connectivity index (χ2v) is 7.52. The first-order valence-electron chi connectivity index (χ1n) is 9.38. The zero-order valence-electron chi connectivity index (χ0n) is 13.9. The first-order chi connectivity index (χ1) is 10.8. The molecule has 3 aliphatic rings. The molecule has 3 rings (SSSR count). The van der Waals surface area contributed by atoms with Crippen LogP contribution in [0.25, 0.3) is 0 Å². The molecule has 22 heavy (non-hydrogen) atoms. The minimum absolute atomic E-state index is 0.202. The molecule has 3 fully saturated rings. The Bertz CT molecular complexity index is 354. The van der Waals surface area contributed by atoms with Gasteiger partial charge in [0, 0.05) is 31.6 Å². The van der Waals surface area contributed by atoms with Gasteiger partial charge in [-0.3, -0.25) is 9.69 Å². The van der Waals surface area contributed by atoms with Crippen molar-refractivity contribution >= 4 is 5.91 Å². The van der Waals surface area contributed by atoms with Crippen LogP contribution >= 0.6 is 0 Å². The van der Waals surface area contributed by atoms with Crippen molar-refractivity contribution < 1.29 is 9.53 Å². The quantitative estimate of drug-likeness (QED) is 0.849. The van der Waals surface area contributed by atoms with E-state index in [1.165, 1.54) is 57.8 Å². The molecular weight excluding hydrogens is 276 g/mol. The fourth-order valence-electron chi connectivity index (χ4n) is 4.66. The SMILES string of the molecule is O=C(CC1CCCC1)NCC1(N2CCOCC2)CCCCC1. The summed E-state index contributed by atoms with van der Waals surface area (Å²) < 4.78 is 5.52. The van der Waals surface area contributed by atoms with E-state index in [4.69, 9.17) is 4.74 Å². The third kappa shape index (κ3) is 4.02. The van der Waals surface area contributed by atoms with E-state index in [1.807, 2.05) is 0 Å². The van der Waals surface area contributed by atoms with Gasteiger partial charge < -0.3 is 10.1 Å². The number of rotatable bonds is 5. The standard InChI is InChI=1S/C18H32N2O2/c21-17(14-16-6-2-3-7-16)19-15-18(8-4-1-5-9-18)20-10-12-22-13-11-20/h16H,1-15H2,(H,19,21). The summed E-state index contributed by atoms with van der Waals surface area (Å²) in [5, 5.41) is 3.30. The van der Waals surface area contributed by atoms with Crippen molar-refractivity contribution in [3.63, 3.8) is 0 Å². The highest BCUT2D eigenvalue weighted by Crippen LogP contribution is 2.34. The number of carbonyl (C=O) groups is 1. The van der Waals surface area contributed by atoms with Crippen LogP contribution in [0.2, 0.25) is 0 Å². The molecule has 0 bridgehead atoms. The maximum atomic E-state index is 12.3. The van der Waals surface area contributed by atoms with Crippen molar-refractivity contribution in [3.8, 4) is 0 Å². The summed E-state index contributed by atoms with van der Waals surface area (Å²) in [6, 6.07) is 0. The highest BCUT2D eigenvalue weighted by Gasteiger charge is 2.38. The lowest BCUT2D eigenvalue weighted by Crippen LogP contribution is -2.59. The van der Waals surface area contributed by atoms with E-state index in [2.05, 4.69) is 10.2 Å². The monoisotopic (exact) mass is 308 g/mol. The second-order valence-electron chi connectivity index (χ2n) is 7.52. The van der Waals surface area contributed by atoms with Gasteiger partial charge in [0.05, 0.1) is 13.2 Å². The maximum Gasteiger partial charge on any atom is 0.220 e. The number of nitrogens with one attached hydrogen (secondary N) is 1. The number of amides is 1. The van der Waals surface area contributed by atoms with Crippen molar-refractivity contribution in [1.29, 1.82) is 0 Å². The van der Waals surface area contributed by atoms with Crippen LogP contribution < -0.4 is 5.32 Å². The Morgan fingerprint density at radius 3 is 2.41 bits per heavy atom. The topological polar surface area (TPSA) is 41.6 Å². The number of morpholine rings is 1. The molecule has 0 spiro atoms. The predicted molar refractivity (Wildman–Crippen MR) is 87.8 cm³/mol. The Labute approximate surface area is 135 Å².